The van der Waals surface area contributed by atoms with Gasteiger partial charge in [0.1, 0.15) is 12.2 Å². The number of fused-ring (bicyclic) bond motifs is 1. The first-order valence-corrected chi connectivity index (χ1v) is 6.66. The Morgan fingerprint density at radius 2 is 2.20 bits per heavy atom. The summed E-state index contributed by atoms with van der Waals surface area (Å²) in [6.07, 6.45) is 3.79. The number of nitrogens with zero attached hydrogens (tertiary/aromatic N) is 2. The van der Waals surface area contributed by atoms with E-state index in [1.165, 1.54) is 0 Å². The molecule has 0 aliphatic carbocycles. The Morgan fingerprint density at radius 1 is 1.35 bits per heavy atom. The Bertz CT molecular complexity index is 715. The van der Waals surface area contributed by atoms with Crippen LogP contribution < -0.4 is 10.5 Å². The first-order chi connectivity index (χ1) is 9.81. The van der Waals surface area contributed by atoms with Crippen molar-refractivity contribution in [2.45, 2.75) is 26.6 Å². The normalized spacial score (nSPS) is 11.1. The van der Waals surface area contributed by atoms with Crippen LogP contribution in [0.3, 0.4) is 0 Å². The summed E-state index contributed by atoms with van der Waals surface area (Å²) in [5.74, 6) is 1.40. The van der Waals surface area contributed by atoms with Gasteiger partial charge in [0.2, 0.25) is 0 Å². The van der Waals surface area contributed by atoms with Gasteiger partial charge in [-0.1, -0.05) is 12.1 Å². The first-order valence-electron chi connectivity index (χ1n) is 6.66. The van der Waals surface area contributed by atoms with E-state index in [9.17, 15) is 0 Å². The Labute approximate surface area is 116 Å². The average molecular weight is 271 g/mol. The van der Waals surface area contributed by atoms with Crippen LogP contribution >= 0.6 is 0 Å². The van der Waals surface area contributed by atoms with E-state index in [1.54, 1.807) is 0 Å². The standard InChI is InChI=1S/C15H17N3O2/c1-2-18-9-11(8-17-18)10-19-15-12-5-3-4-6-13(12)20-14(15)7-16/h3-6,8-9H,2,7,10,16H2,1H3. The van der Waals surface area contributed by atoms with Crippen LogP contribution in [-0.2, 0) is 19.7 Å². The summed E-state index contributed by atoms with van der Waals surface area (Å²) in [6.45, 7) is 3.67. The number of aryl methyl sites for hydroxylation is 1. The Hall–Kier alpha value is -2.27. The van der Waals surface area contributed by atoms with Gasteiger partial charge in [-0.25, -0.2) is 0 Å². The molecule has 3 rings (SSSR count). The van der Waals surface area contributed by atoms with Crippen LogP contribution in [0.25, 0.3) is 11.0 Å². The molecule has 0 amide bonds. The molecule has 5 heteroatoms. The zero-order valence-electron chi connectivity index (χ0n) is 11.4. The number of hydrogen-bond acceptors (Lipinski definition) is 4. The van der Waals surface area contributed by atoms with E-state index in [0.717, 1.165) is 28.8 Å². The fourth-order valence-electron chi connectivity index (χ4n) is 2.17. The zero-order valence-corrected chi connectivity index (χ0v) is 11.4. The highest BCUT2D eigenvalue weighted by atomic mass is 16.5. The van der Waals surface area contributed by atoms with Crippen molar-refractivity contribution in [2.24, 2.45) is 5.73 Å². The van der Waals surface area contributed by atoms with Crippen molar-refractivity contribution in [1.29, 1.82) is 0 Å². The van der Waals surface area contributed by atoms with Gasteiger partial charge < -0.3 is 14.9 Å². The summed E-state index contributed by atoms with van der Waals surface area (Å²) in [7, 11) is 0. The third-order valence-corrected chi connectivity index (χ3v) is 3.20. The molecule has 3 aromatic rings. The van der Waals surface area contributed by atoms with Crippen molar-refractivity contribution in [3.05, 3.63) is 48.0 Å². The van der Waals surface area contributed by atoms with Crippen molar-refractivity contribution >= 4 is 11.0 Å². The van der Waals surface area contributed by atoms with Gasteiger partial charge in [-0.3, -0.25) is 4.68 Å². The van der Waals surface area contributed by atoms with Crippen molar-refractivity contribution in [2.75, 3.05) is 0 Å². The molecule has 0 saturated heterocycles. The maximum absolute atomic E-state index is 5.90. The van der Waals surface area contributed by atoms with Gasteiger partial charge in [0, 0.05) is 18.3 Å². The van der Waals surface area contributed by atoms with Gasteiger partial charge in [0.05, 0.1) is 18.1 Å². The third-order valence-electron chi connectivity index (χ3n) is 3.20. The molecule has 0 spiro atoms. The Morgan fingerprint density at radius 3 is 2.95 bits per heavy atom. The van der Waals surface area contributed by atoms with Gasteiger partial charge in [-0.2, -0.15) is 5.10 Å². The second kappa shape index (κ2) is 5.38. The molecule has 20 heavy (non-hydrogen) atoms. The molecule has 0 bridgehead atoms. The molecule has 0 atom stereocenters. The lowest BCUT2D eigenvalue weighted by atomic mass is 10.2. The summed E-state index contributed by atoms with van der Waals surface area (Å²) < 4.78 is 13.5. The van der Waals surface area contributed by atoms with Gasteiger partial charge in [-0.15, -0.1) is 0 Å². The Balaban J connectivity index is 1.86. The molecule has 0 radical (unpaired) electrons. The number of rotatable bonds is 5. The van der Waals surface area contributed by atoms with Crippen LogP contribution in [0.5, 0.6) is 5.75 Å². The van der Waals surface area contributed by atoms with E-state index in [-0.39, 0.29) is 0 Å². The van der Waals surface area contributed by atoms with E-state index in [4.69, 9.17) is 14.9 Å². The van der Waals surface area contributed by atoms with Gasteiger partial charge in [-0.05, 0) is 19.1 Å². The summed E-state index contributed by atoms with van der Waals surface area (Å²) in [5.41, 5.74) is 7.55. The number of hydrogen-bond donors (Lipinski definition) is 1. The number of ether oxygens (including phenoxy) is 1. The van der Waals surface area contributed by atoms with E-state index < -0.39 is 0 Å². The highest BCUT2D eigenvalue weighted by molar-refractivity contribution is 5.85. The van der Waals surface area contributed by atoms with E-state index in [2.05, 4.69) is 5.10 Å². The van der Waals surface area contributed by atoms with Crippen molar-refractivity contribution in [3.8, 4) is 5.75 Å². The maximum Gasteiger partial charge on any atom is 0.170 e. The summed E-state index contributed by atoms with van der Waals surface area (Å²) in [6, 6.07) is 7.78. The van der Waals surface area contributed by atoms with Crippen molar-refractivity contribution in [3.63, 3.8) is 0 Å². The number of benzene rings is 1. The molecule has 5 nitrogen and oxygen atoms in total. The number of aromatic nitrogens is 2. The molecule has 0 aliphatic heterocycles. The molecule has 0 fully saturated rings. The van der Waals surface area contributed by atoms with Crippen LogP contribution in [0.15, 0.2) is 41.1 Å². The summed E-state index contributed by atoms with van der Waals surface area (Å²) in [5, 5.41) is 5.18. The van der Waals surface area contributed by atoms with Gasteiger partial charge >= 0.3 is 0 Å². The molecule has 104 valence electrons. The van der Waals surface area contributed by atoms with Crippen LogP contribution in [0.4, 0.5) is 0 Å². The molecular weight excluding hydrogens is 254 g/mol. The fraction of sp³-hybridized carbons (Fsp3) is 0.267. The third kappa shape index (κ3) is 2.28. The smallest absolute Gasteiger partial charge is 0.170 e. The fourth-order valence-corrected chi connectivity index (χ4v) is 2.17. The van der Waals surface area contributed by atoms with Crippen molar-refractivity contribution < 1.29 is 9.15 Å². The SMILES string of the molecule is CCn1cc(COc2c(CN)oc3ccccc23)cn1. The minimum absolute atomic E-state index is 0.318. The lowest BCUT2D eigenvalue weighted by Crippen LogP contribution is -2.00. The predicted molar refractivity (Wildman–Crippen MR) is 76.3 cm³/mol. The largest absolute Gasteiger partial charge is 0.484 e. The highest BCUT2D eigenvalue weighted by Gasteiger charge is 2.14. The molecular formula is C15H17N3O2. The number of furan rings is 1. The molecule has 2 heterocycles. The van der Waals surface area contributed by atoms with E-state index >= 15 is 0 Å². The van der Waals surface area contributed by atoms with Crippen molar-refractivity contribution in [1.82, 2.24) is 9.78 Å². The Kier molecular flexibility index (Phi) is 3.43. The second-order valence-corrected chi connectivity index (χ2v) is 4.55. The predicted octanol–water partition coefficient (Wildman–Crippen LogP) is 2.69. The quantitative estimate of drug-likeness (QED) is 0.774. The lowest BCUT2D eigenvalue weighted by molar-refractivity contribution is 0.299. The van der Waals surface area contributed by atoms with Gasteiger partial charge in [0.25, 0.3) is 0 Å². The van der Waals surface area contributed by atoms with Crippen LogP contribution in [0, 0.1) is 0 Å². The summed E-state index contributed by atoms with van der Waals surface area (Å²) >= 11 is 0. The molecule has 0 saturated carbocycles. The number of para-hydroxylation sites is 1. The molecule has 0 unspecified atom stereocenters. The maximum atomic E-state index is 5.90. The van der Waals surface area contributed by atoms with E-state index in [0.29, 0.717) is 18.9 Å². The summed E-state index contributed by atoms with van der Waals surface area (Å²) in [4.78, 5) is 0. The minimum Gasteiger partial charge on any atom is -0.484 e. The molecule has 2 N–H and O–H groups in total. The zero-order chi connectivity index (χ0) is 13.9. The van der Waals surface area contributed by atoms with Crippen LogP contribution in [-0.4, -0.2) is 9.78 Å². The van der Waals surface area contributed by atoms with E-state index in [1.807, 2.05) is 48.3 Å². The second-order valence-electron chi connectivity index (χ2n) is 4.55. The number of nitrogens with two attached hydrogens (primary N) is 1. The van der Waals surface area contributed by atoms with Crippen LogP contribution in [0.2, 0.25) is 0 Å². The molecule has 0 aliphatic rings. The van der Waals surface area contributed by atoms with Crippen LogP contribution in [0.1, 0.15) is 18.2 Å². The average Bonchev–Trinajstić information content (AvgIpc) is 3.08. The monoisotopic (exact) mass is 271 g/mol. The first kappa shape index (κ1) is 12.7. The highest BCUT2D eigenvalue weighted by Crippen LogP contribution is 2.33. The van der Waals surface area contributed by atoms with Gasteiger partial charge in [0.15, 0.2) is 11.5 Å². The molecule has 1 aromatic carbocycles. The molecule has 2 aromatic heterocycles. The lowest BCUT2D eigenvalue weighted by Gasteiger charge is -2.04. The topological polar surface area (TPSA) is 66.2 Å². The minimum atomic E-state index is 0.318.